The Morgan fingerprint density at radius 3 is 3.12 bits per heavy atom. The zero-order chi connectivity index (χ0) is 16.9. The second-order valence-corrected chi connectivity index (χ2v) is 7.30. The fraction of sp³-hybridized carbons (Fsp3) is 0.474. The molecule has 128 valence electrons. The number of hydrogen-bond acceptors (Lipinski definition) is 4. The monoisotopic (exact) mass is 344 g/mol. The molecule has 0 radical (unpaired) electrons. The number of aliphatic hydroxyl groups excluding tert-OH is 1. The van der Waals surface area contributed by atoms with Gasteiger partial charge in [-0.15, -0.1) is 11.3 Å². The molecular formula is C19H24N2O2S. The summed E-state index contributed by atoms with van der Waals surface area (Å²) in [4.78, 5) is 19.3. The van der Waals surface area contributed by atoms with E-state index < -0.39 is 0 Å². The summed E-state index contributed by atoms with van der Waals surface area (Å²) in [5.41, 5.74) is 3.18. The Kier molecular flexibility index (Phi) is 5.63. The van der Waals surface area contributed by atoms with Gasteiger partial charge in [0.05, 0.1) is 12.1 Å². The van der Waals surface area contributed by atoms with Crippen molar-refractivity contribution in [3.05, 3.63) is 40.9 Å². The molecule has 1 aliphatic rings. The van der Waals surface area contributed by atoms with Crippen molar-refractivity contribution >= 4 is 17.2 Å². The van der Waals surface area contributed by atoms with Crippen LogP contribution in [0.2, 0.25) is 0 Å². The quantitative estimate of drug-likeness (QED) is 0.873. The van der Waals surface area contributed by atoms with Gasteiger partial charge in [0.25, 0.3) is 0 Å². The molecule has 1 aromatic carbocycles. The van der Waals surface area contributed by atoms with E-state index in [9.17, 15) is 4.79 Å². The van der Waals surface area contributed by atoms with Crippen LogP contribution in [-0.4, -0.2) is 40.1 Å². The van der Waals surface area contributed by atoms with Crippen LogP contribution >= 0.6 is 11.3 Å². The van der Waals surface area contributed by atoms with Gasteiger partial charge < -0.3 is 10.0 Å². The Morgan fingerprint density at radius 1 is 1.46 bits per heavy atom. The van der Waals surface area contributed by atoms with E-state index >= 15 is 0 Å². The van der Waals surface area contributed by atoms with E-state index in [1.807, 2.05) is 16.3 Å². The third-order valence-corrected chi connectivity index (χ3v) is 5.48. The molecule has 1 unspecified atom stereocenters. The van der Waals surface area contributed by atoms with Crippen LogP contribution in [-0.2, 0) is 11.2 Å². The van der Waals surface area contributed by atoms with Gasteiger partial charge in [-0.3, -0.25) is 4.79 Å². The van der Waals surface area contributed by atoms with Crippen molar-refractivity contribution in [3.63, 3.8) is 0 Å². The van der Waals surface area contributed by atoms with Gasteiger partial charge in [-0.2, -0.15) is 0 Å². The molecule has 0 spiro atoms. The molecule has 24 heavy (non-hydrogen) atoms. The summed E-state index contributed by atoms with van der Waals surface area (Å²) in [6.45, 7) is 3.11. The maximum absolute atomic E-state index is 12.6. The number of carbonyl (C=O) groups is 1. The highest BCUT2D eigenvalue weighted by atomic mass is 32.1. The lowest BCUT2D eigenvalue weighted by Crippen LogP contribution is -2.36. The Balaban J connectivity index is 1.65. The maximum Gasteiger partial charge on any atom is 0.228 e. The molecule has 1 N–H and O–H groups in total. The van der Waals surface area contributed by atoms with Crippen molar-refractivity contribution in [2.45, 2.75) is 45.1 Å². The fourth-order valence-electron chi connectivity index (χ4n) is 3.35. The van der Waals surface area contributed by atoms with Gasteiger partial charge in [-0.1, -0.05) is 23.8 Å². The number of benzene rings is 1. The molecule has 0 bridgehead atoms. The Morgan fingerprint density at radius 2 is 2.33 bits per heavy atom. The molecule has 1 fully saturated rings. The lowest BCUT2D eigenvalue weighted by atomic mass is 10.1. The van der Waals surface area contributed by atoms with E-state index in [2.05, 4.69) is 30.1 Å². The number of hydrogen-bond donors (Lipinski definition) is 1. The zero-order valence-electron chi connectivity index (χ0n) is 14.1. The van der Waals surface area contributed by atoms with Crippen molar-refractivity contribution in [3.8, 4) is 10.6 Å². The van der Waals surface area contributed by atoms with E-state index in [4.69, 9.17) is 5.11 Å². The van der Waals surface area contributed by atoms with Crippen LogP contribution in [0.15, 0.2) is 29.6 Å². The summed E-state index contributed by atoms with van der Waals surface area (Å²) in [6, 6.07) is 8.58. The van der Waals surface area contributed by atoms with E-state index in [1.165, 1.54) is 5.56 Å². The molecule has 1 aliphatic heterocycles. The van der Waals surface area contributed by atoms with Crippen LogP contribution in [0.5, 0.6) is 0 Å². The smallest absolute Gasteiger partial charge is 0.228 e. The summed E-state index contributed by atoms with van der Waals surface area (Å²) < 4.78 is 0. The van der Waals surface area contributed by atoms with Crippen molar-refractivity contribution in [2.75, 3.05) is 13.2 Å². The predicted octanol–water partition coefficient (Wildman–Crippen LogP) is 3.42. The standard InChI is InChI=1S/C19H24N2O2S/c1-14-5-2-6-15(11-14)19-20-16(13-24-19)12-18(23)21-9-3-7-17(21)8-4-10-22/h2,5-6,11,13,17,22H,3-4,7-10,12H2,1H3. The third-order valence-electron chi connectivity index (χ3n) is 4.54. The summed E-state index contributed by atoms with van der Waals surface area (Å²) >= 11 is 1.60. The lowest BCUT2D eigenvalue weighted by Gasteiger charge is -2.24. The average Bonchev–Trinajstić information content (AvgIpc) is 3.22. The fourth-order valence-corrected chi connectivity index (χ4v) is 4.16. The number of likely N-dealkylation sites (tertiary alicyclic amines) is 1. The Labute approximate surface area is 147 Å². The number of aryl methyl sites for hydroxylation is 1. The SMILES string of the molecule is Cc1cccc(-c2nc(CC(=O)N3CCCC3CCCO)cs2)c1. The van der Waals surface area contributed by atoms with Gasteiger partial charge in [0.15, 0.2) is 0 Å². The highest BCUT2D eigenvalue weighted by molar-refractivity contribution is 7.13. The van der Waals surface area contributed by atoms with Crippen LogP contribution in [0.3, 0.4) is 0 Å². The van der Waals surface area contributed by atoms with Gasteiger partial charge in [-0.25, -0.2) is 4.98 Å². The topological polar surface area (TPSA) is 53.4 Å². The molecule has 1 amide bonds. The first kappa shape index (κ1) is 17.1. The minimum absolute atomic E-state index is 0.163. The number of thiazole rings is 1. The largest absolute Gasteiger partial charge is 0.396 e. The van der Waals surface area contributed by atoms with Crippen LogP contribution in [0.1, 0.15) is 36.9 Å². The third kappa shape index (κ3) is 4.02. The molecule has 1 atom stereocenters. The van der Waals surface area contributed by atoms with Gasteiger partial charge >= 0.3 is 0 Å². The first-order chi connectivity index (χ1) is 11.7. The van der Waals surface area contributed by atoms with Crippen molar-refractivity contribution in [1.29, 1.82) is 0 Å². The van der Waals surface area contributed by atoms with E-state index in [0.29, 0.717) is 12.5 Å². The Bertz CT molecular complexity index is 698. The van der Waals surface area contributed by atoms with Gasteiger partial charge in [-0.05, 0) is 38.7 Å². The summed E-state index contributed by atoms with van der Waals surface area (Å²) in [5.74, 6) is 0.163. The summed E-state index contributed by atoms with van der Waals surface area (Å²) in [5, 5.41) is 12.0. The minimum atomic E-state index is 0.163. The number of nitrogens with zero attached hydrogens (tertiary/aromatic N) is 2. The van der Waals surface area contributed by atoms with Crippen LogP contribution in [0.25, 0.3) is 10.6 Å². The van der Waals surface area contributed by atoms with Gasteiger partial charge in [0.1, 0.15) is 5.01 Å². The zero-order valence-corrected chi connectivity index (χ0v) is 14.9. The molecular weight excluding hydrogens is 320 g/mol. The van der Waals surface area contributed by atoms with Crippen LogP contribution < -0.4 is 0 Å². The number of rotatable bonds is 6. The first-order valence-electron chi connectivity index (χ1n) is 8.59. The molecule has 3 rings (SSSR count). The van der Waals surface area contributed by atoms with E-state index in [1.54, 1.807) is 11.3 Å². The van der Waals surface area contributed by atoms with E-state index in [-0.39, 0.29) is 12.5 Å². The highest BCUT2D eigenvalue weighted by Crippen LogP contribution is 2.26. The predicted molar refractivity (Wildman–Crippen MR) is 97.0 cm³/mol. The summed E-state index contributed by atoms with van der Waals surface area (Å²) in [7, 11) is 0. The van der Waals surface area contributed by atoms with Crippen LogP contribution in [0, 0.1) is 6.92 Å². The van der Waals surface area contributed by atoms with Crippen molar-refractivity contribution in [1.82, 2.24) is 9.88 Å². The highest BCUT2D eigenvalue weighted by Gasteiger charge is 2.28. The Hall–Kier alpha value is -1.72. The van der Waals surface area contributed by atoms with Crippen LogP contribution in [0.4, 0.5) is 0 Å². The molecule has 0 saturated carbocycles. The maximum atomic E-state index is 12.6. The molecule has 5 heteroatoms. The van der Waals surface area contributed by atoms with Gasteiger partial charge in [0.2, 0.25) is 5.91 Å². The lowest BCUT2D eigenvalue weighted by molar-refractivity contribution is -0.131. The molecule has 2 aromatic rings. The number of aliphatic hydroxyl groups is 1. The van der Waals surface area contributed by atoms with E-state index in [0.717, 1.165) is 48.5 Å². The number of carbonyl (C=O) groups excluding carboxylic acids is 1. The molecule has 1 aromatic heterocycles. The number of aromatic nitrogens is 1. The molecule has 2 heterocycles. The number of amides is 1. The molecule has 1 saturated heterocycles. The summed E-state index contributed by atoms with van der Waals surface area (Å²) in [6.07, 6.45) is 4.15. The minimum Gasteiger partial charge on any atom is -0.396 e. The van der Waals surface area contributed by atoms with Gasteiger partial charge in [0, 0.05) is 30.1 Å². The van der Waals surface area contributed by atoms with Crippen molar-refractivity contribution < 1.29 is 9.90 Å². The molecule has 4 nitrogen and oxygen atoms in total. The first-order valence-corrected chi connectivity index (χ1v) is 9.47. The second-order valence-electron chi connectivity index (χ2n) is 6.44. The average molecular weight is 344 g/mol. The second kappa shape index (κ2) is 7.90. The molecule has 0 aliphatic carbocycles. The normalized spacial score (nSPS) is 17.4. The van der Waals surface area contributed by atoms with Crippen molar-refractivity contribution in [2.24, 2.45) is 0 Å².